The molecule has 0 spiro atoms. The summed E-state index contributed by atoms with van der Waals surface area (Å²) in [6, 6.07) is 0. The third-order valence-corrected chi connectivity index (χ3v) is 1.69. The highest BCUT2D eigenvalue weighted by atomic mass is 16.6. The smallest absolute Gasteiger partial charge is 0.353 e. The molecular weight excluding hydrogens is 158 g/mol. The number of carbonyl (C=O) groups excluding carboxylic acids is 1. The standard InChI is InChI=1S/C8H17NO3/c1-5-6-12-7(10)8(2,11)9(3)4/h11H,5-6H2,1-4H3. The van der Waals surface area contributed by atoms with E-state index in [9.17, 15) is 9.90 Å². The van der Waals surface area contributed by atoms with Crippen molar-refractivity contribution in [2.75, 3.05) is 20.7 Å². The molecule has 0 aromatic rings. The summed E-state index contributed by atoms with van der Waals surface area (Å²) in [5, 5.41) is 9.54. The molecule has 0 saturated heterocycles. The van der Waals surface area contributed by atoms with Crippen LogP contribution in [-0.2, 0) is 9.53 Å². The van der Waals surface area contributed by atoms with Crippen molar-refractivity contribution in [2.45, 2.75) is 26.0 Å². The Bertz CT molecular complexity index is 154. The summed E-state index contributed by atoms with van der Waals surface area (Å²) >= 11 is 0. The van der Waals surface area contributed by atoms with Gasteiger partial charge in [-0.2, -0.15) is 0 Å². The van der Waals surface area contributed by atoms with Gasteiger partial charge in [0.2, 0.25) is 5.72 Å². The second-order valence-corrected chi connectivity index (χ2v) is 3.05. The molecule has 12 heavy (non-hydrogen) atoms. The Morgan fingerprint density at radius 3 is 2.42 bits per heavy atom. The third-order valence-electron chi connectivity index (χ3n) is 1.69. The number of rotatable bonds is 4. The first-order valence-electron chi connectivity index (χ1n) is 4.00. The van der Waals surface area contributed by atoms with Gasteiger partial charge in [0.05, 0.1) is 6.61 Å². The van der Waals surface area contributed by atoms with Gasteiger partial charge in [0.1, 0.15) is 0 Å². The monoisotopic (exact) mass is 175 g/mol. The van der Waals surface area contributed by atoms with Crippen LogP contribution in [0.1, 0.15) is 20.3 Å². The van der Waals surface area contributed by atoms with Gasteiger partial charge in [-0.05, 0) is 27.4 Å². The molecule has 4 nitrogen and oxygen atoms in total. The van der Waals surface area contributed by atoms with E-state index in [-0.39, 0.29) is 0 Å². The zero-order valence-corrected chi connectivity index (χ0v) is 8.13. The van der Waals surface area contributed by atoms with E-state index < -0.39 is 11.7 Å². The first-order chi connectivity index (χ1) is 5.42. The maximum atomic E-state index is 11.2. The van der Waals surface area contributed by atoms with Crippen molar-refractivity contribution >= 4 is 5.97 Å². The molecular formula is C8H17NO3. The average Bonchev–Trinajstić information content (AvgIpc) is 1.99. The summed E-state index contributed by atoms with van der Waals surface area (Å²) in [7, 11) is 3.24. The Hall–Kier alpha value is -0.610. The minimum Gasteiger partial charge on any atom is -0.463 e. The predicted molar refractivity (Wildman–Crippen MR) is 45.6 cm³/mol. The van der Waals surface area contributed by atoms with Crippen molar-refractivity contribution < 1.29 is 14.6 Å². The number of carbonyl (C=O) groups is 1. The number of ether oxygens (including phenoxy) is 1. The maximum absolute atomic E-state index is 11.2. The average molecular weight is 175 g/mol. The Labute approximate surface area is 73.1 Å². The normalized spacial score (nSPS) is 15.8. The molecule has 1 N–H and O–H groups in total. The highest BCUT2D eigenvalue weighted by Gasteiger charge is 2.34. The Balaban J connectivity index is 4.07. The Morgan fingerprint density at radius 2 is 2.08 bits per heavy atom. The van der Waals surface area contributed by atoms with Gasteiger partial charge >= 0.3 is 5.97 Å². The van der Waals surface area contributed by atoms with E-state index in [0.717, 1.165) is 6.42 Å². The molecule has 0 aromatic carbocycles. The van der Waals surface area contributed by atoms with Gasteiger partial charge in [-0.25, -0.2) is 4.79 Å². The molecule has 0 aliphatic heterocycles. The van der Waals surface area contributed by atoms with Crippen LogP contribution in [0.2, 0.25) is 0 Å². The lowest BCUT2D eigenvalue weighted by Crippen LogP contribution is -2.49. The van der Waals surface area contributed by atoms with Crippen LogP contribution in [0.3, 0.4) is 0 Å². The minimum atomic E-state index is -1.52. The molecule has 0 aliphatic carbocycles. The zero-order chi connectivity index (χ0) is 9.78. The van der Waals surface area contributed by atoms with E-state index in [1.54, 1.807) is 14.1 Å². The van der Waals surface area contributed by atoms with Crippen LogP contribution >= 0.6 is 0 Å². The fraction of sp³-hybridized carbons (Fsp3) is 0.875. The Morgan fingerprint density at radius 1 is 1.58 bits per heavy atom. The van der Waals surface area contributed by atoms with E-state index in [2.05, 4.69) is 0 Å². The lowest BCUT2D eigenvalue weighted by molar-refractivity contribution is -0.180. The second-order valence-electron chi connectivity index (χ2n) is 3.05. The second kappa shape index (κ2) is 4.42. The molecule has 0 radical (unpaired) electrons. The van der Waals surface area contributed by atoms with Crippen LogP contribution < -0.4 is 0 Å². The molecule has 0 amide bonds. The summed E-state index contributed by atoms with van der Waals surface area (Å²) in [5.74, 6) is -0.602. The SMILES string of the molecule is CCCOC(=O)C(C)(O)N(C)C. The molecule has 4 heteroatoms. The van der Waals surface area contributed by atoms with Crippen LogP contribution in [0, 0.1) is 0 Å². The topological polar surface area (TPSA) is 49.8 Å². The van der Waals surface area contributed by atoms with E-state index in [4.69, 9.17) is 4.74 Å². The lowest BCUT2D eigenvalue weighted by Gasteiger charge is -2.27. The molecule has 0 rings (SSSR count). The van der Waals surface area contributed by atoms with Crippen LogP contribution in [0.4, 0.5) is 0 Å². The fourth-order valence-electron chi connectivity index (χ4n) is 0.514. The molecule has 0 saturated carbocycles. The number of nitrogens with zero attached hydrogens (tertiary/aromatic N) is 1. The summed E-state index contributed by atoms with van der Waals surface area (Å²) in [6.07, 6.45) is 0.759. The minimum absolute atomic E-state index is 0.350. The van der Waals surface area contributed by atoms with Crippen LogP contribution in [0.5, 0.6) is 0 Å². The molecule has 1 atom stereocenters. The van der Waals surface area contributed by atoms with Gasteiger partial charge in [-0.15, -0.1) is 0 Å². The largest absolute Gasteiger partial charge is 0.463 e. The molecule has 0 fully saturated rings. The van der Waals surface area contributed by atoms with Crippen molar-refractivity contribution in [1.82, 2.24) is 4.90 Å². The third kappa shape index (κ3) is 2.79. The van der Waals surface area contributed by atoms with Gasteiger partial charge in [0.15, 0.2) is 0 Å². The summed E-state index contributed by atoms with van der Waals surface area (Å²) in [4.78, 5) is 12.6. The highest BCUT2D eigenvalue weighted by molar-refractivity contribution is 5.78. The van der Waals surface area contributed by atoms with Crippen molar-refractivity contribution in [3.63, 3.8) is 0 Å². The summed E-state index contributed by atoms with van der Waals surface area (Å²) < 4.78 is 4.79. The fourth-order valence-corrected chi connectivity index (χ4v) is 0.514. The number of esters is 1. The van der Waals surface area contributed by atoms with Crippen molar-refractivity contribution in [1.29, 1.82) is 0 Å². The molecule has 0 bridgehead atoms. The lowest BCUT2D eigenvalue weighted by atomic mass is 10.2. The van der Waals surface area contributed by atoms with Crippen LogP contribution in [0.15, 0.2) is 0 Å². The quantitative estimate of drug-likeness (QED) is 0.490. The number of aliphatic hydroxyl groups is 1. The van der Waals surface area contributed by atoms with Gasteiger partial charge in [0.25, 0.3) is 0 Å². The molecule has 1 unspecified atom stereocenters. The molecule has 0 aliphatic rings. The van der Waals surface area contributed by atoms with Gasteiger partial charge in [-0.3, -0.25) is 4.90 Å². The predicted octanol–water partition coefficient (Wildman–Crippen LogP) is 0.210. The number of hydrogen-bond acceptors (Lipinski definition) is 4. The van der Waals surface area contributed by atoms with Crippen molar-refractivity contribution in [3.05, 3.63) is 0 Å². The van der Waals surface area contributed by atoms with Crippen molar-refractivity contribution in [2.24, 2.45) is 0 Å². The van der Waals surface area contributed by atoms with Crippen LogP contribution in [-0.4, -0.2) is 42.4 Å². The maximum Gasteiger partial charge on any atom is 0.353 e. The first kappa shape index (κ1) is 11.4. The van der Waals surface area contributed by atoms with Gasteiger partial charge < -0.3 is 9.84 Å². The highest BCUT2D eigenvalue weighted by Crippen LogP contribution is 2.08. The summed E-state index contributed by atoms with van der Waals surface area (Å²) in [5.41, 5.74) is -1.52. The summed E-state index contributed by atoms with van der Waals surface area (Å²) in [6.45, 7) is 3.66. The van der Waals surface area contributed by atoms with Gasteiger partial charge in [-0.1, -0.05) is 6.92 Å². The zero-order valence-electron chi connectivity index (χ0n) is 8.13. The van der Waals surface area contributed by atoms with Crippen LogP contribution in [0.25, 0.3) is 0 Å². The first-order valence-corrected chi connectivity index (χ1v) is 4.00. The Kier molecular flexibility index (Phi) is 4.20. The number of hydrogen-bond donors (Lipinski definition) is 1. The van der Waals surface area contributed by atoms with Gasteiger partial charge in [0, 0.05) is 0 Å². The van der Waals surface area contributed by atoms with E-state index in [1.807, 2.05) is 6.92 Å². The van der Waals surface area contributed by atoms with E-state index in [0.29, 0.717) is 6.61 Å². The number of likely N-dealkylation sites (N-methyl/N-ethyl adjacent to an activating group) is 1. The molecule has 0 heterocycles. The van der Waals surface area contributed by atoms with Crippen molar-refractivity contribution in [3.8, 4) is 0 Å². The molecule has 0 aromatic heterocycles. The van der Waals surface area contributed by atoms with E-state index in [1.165, 1.54) is 11.8 Å². The molecule has 72 valence electrons. The van der Waals surface area contributed by atoms with E-state index >= 15 is 0 Å².